The normalized spacial score (nSPS) is 17.2. The molecule has 1 fully saturated rings. The predicted octanol–water partition coefficient (Wildman–Crippen LogP) is 1.08. The fourth-order valence-electron chi connectivity index (χ4n) is 2.45. The fourth-order valence-corrected chi connectivity index (χ4v) is 2.99. The lowest BCUT2D eigenvalue weighted by atomic mass is 10.2. The molecular formula is C14H18N6OS. The largest absolute Gasteiger partial charge is 0.353 e. The molecule has 0 unspecified atom stereocenters. The molecule has 0 aliphatic carbocycles. The summed E-state index contributed by atoms with van der Waals surface area (Å²) in [5, 5.41) is 5.35. The molecule has 1 amide bonds. The zero-order chi connectivity index (χ0) is 15.4. The van der Waals surface area contributed by atoms with E-state index in [0.717, 1.165) is 32.0 Å². The Bertz CT molecular complexity index is 597. The first-order valence-corrected chi connectivity index (χ1v) is 8.07. The molecule has 1 saturated heterocycles. The summed E-state index contributed by atoms with van der Waals surface area (Å²) < 4.78 is 0. The van der Waals surface area contributed by atoms with E-state index in [1.165, 1.54) is 11.3 Å². The maximum absolute atomic E-state index is 12.2. The van der Waals surface area contributed by atoms with Gasteiger partial charge >= 0.3 is 0 Å². The molecule has 116 valence electrons. The van der Waals surface area contributed by atoms with Crippen LogP contribution in [0.4, 0.5) is 10.9 Å². The standard InChI is InChI=1S/C14H18N6OS/c1-11(13(21)18-14-17-4-9-22-14)19-5-7-20(8-6-19)12-10-15-2-3-16-12/h2-4,9-11H,5-8H2,1H3,(H,17,18,21)/t11-/m1/s1. The molecule has 22 heavy (non-hydrogen) atoms. The number of thiazole rings is 1. The lowest BCUT2D eigenvalue weighted by Gasteiger charge is -2.37. The number of anilines is 2. The molecule has 1 aliphatic rings. The van der Waals surface area contributed by atoms with E-state index in [1.807, 2.05) is 12.3 Å². The van der Waals surface area contributed by atoms with Crippen molar-refractivity contribution in [2.75, 3.05) is 36.4 Å². The smallest absolute Gasteiger partial charge is 0.243 e. The number of aromatic nitrogens is 3. The molecule has 0 aromatic carbocycles. The highest BCUT2D eigenvalue weighted by Gasteiger charge is 2.26. The predicted molar refractivity (Wildman–Crippen MR) is 86.0 cm³/mol. The molecule has 2 aromatic heterocycles. The summed E-state index contributed by atoms with van der Waals surface area (Å²) >= 11 is 1.43. The maximum atomic E-state index is 12.2. The molecule has 3 heterocycles. The Labute approximate surface area is 133 Å². The minimum absolute atomic E-state index is 0.0112. The van der Waals surface area contributed by atoms with Crippen LogP contribution in [0.5, 0.6) is 0 Å². The van der Waals surface area contributed by atoms with Crippen molar-refractivity contribution in [2.24, 2.45) is 0 Å². The van der Waals surface area contributed by atoms with E-state index < -0.39 is 0 Å². The molecular weight excluding hydrogens is 300 g/mol. The van der Waals surface area contributed by atoms with E-state index in [1.54, 1.807) is 24.8 Å². The van der Waals surface area contributed by atoms with Crippen LogP contribution < -0.4 is 10.2 Å². The summed E-state index contributed by atoms with van der Waals surface area (Å²) in [6, 6.07) is -0.173. The second kappa shape index (κ2) is 6.80. The minimum atomic E-state index is -0.173. The highest BCUT2D eigenvalue weighted by molar-refractivity contribution is 7.13. The highest BCUT2D eigenvalue weighted by Crippen LogP contribution is 2.15. The first-order chi connectivity index (χ1) is 10.7. The van der Waals surface area contributed by atoms with Gasteiger partial charge in [0, 0.05) is 50.1 Å². The summed E-state index contributed by atoms with van der Waals surface area (Å²) in [6.45, 7) is 5.26. The van der Waals surface area contributed by atoms with Gasteiger partial charge in [-0.15, -0.1) is 11.3 Å². The van der Waals surface area contributed by atoms with Gasteiger partial charge in [-0.05, 0) is 6.92 Å². The van der Waals surface area contributed by atoms with Gasteiger partial charge in [0.05, 0.1) is 12.2 Å². The Kier molecular flexibility index (Phi) is 4.59. The van der Waals surface area contributed by atoms with Gasteiger partial charge in [0.2, 0.25) is 5.91 Å². The van der Waals surface area contributed by atoms with Crippen LogP contribution >= 0.6 is 11.3 Å². The van der Waals surface area contributed by atoms with Crippen LogP contribution in [0.2, 0.25) is 0 Å². The zero-order valence-corrected chi connectivity index (χ0v) is 13.2. The van der Waals surface area contributed by atoms with Crippen LogP contribution in [-0.2, 0) is 4.79 Å². The van der Waals surface area contributed by atoms with Crippen LogP contribution in [0.25, 0.3) is 0 Å². The number of piperazine rings is 1. The first-order valence-electron chi connectivity index (χ1n) is 7.19. The summed E-state index contributed by atoms with van der Waals surface area (Å²) in [5.41, 5.74) is 0. The number of nitrogens with one attached hydrogen (secondary N) is 1. The summed E-state index contributed by atoms with van der Waals surface area (Å²) in [7, 11) is 0. The van der Waals surface area contributed by atoms with Gasteiger partial charge in [0.15, 0.2) is 5.13 Å². The average molecular weight is 318 g/mol. The highest BCUT2D eigenvalue weighted by atomic mass is 32.1. The molecule has 0 saturated carbocycles. The van der Waals surface area contributed by atoms with Gasteiger partial charge in [-0.3, -0.25) is 14.7 Å². The van der Waals surface area contributed by atoms with E-state index in [4.69, 9.17) is 0 Å². The number of hydrogen-bond acceptors (Lipinski definition) is 7. The van der Waals surface area contributed by atoms with E-state index >= 15 is 0 Å². The fraction of sp³-hybridized carbons (Fsp3) is 0.429. The quantitative estimate of drug-likeness (QED) is 0.909. The lowest BCUT2D eigenvalue weighted by Crippen LogP contribution is -2.53. The molecule has 1 N–H and O–H groups in total. The third-order valence-corrected chi connectivity index (χ3v) is 4.47. The number of nitrogens with zero attached hydrogens (tertiary/aromatic N) is 5. The van der Waals surface area contributed by atoms with Crippen molar-refractivity contribution in [2.45, 2.75) is 13.0 Å². The van der Waals surface area contributed by atoms with E-state index in [-0.39, 0.29) is 11.9 Å². The van der Waals surface area contributed by atoms with Gasteiger partial charge in [-0.1, -0.05) is 0 Å². The molecule has 0 radical (unpaired) electrons. The van der Waals surface area contributed by atoms with Crippen molar-refractivity contribution in [1.82, 2.24) is 19.9 Å². The van der Waals surface area contributed by atoms with Crippen molar-refractivity contribution < 1.29 is 4.79 Å². The van der Waals surface area contributed by atoms with E-state index in [9.17, 15) is 4.79 Å². The number of carbonyl (C=O) groups is 1. The minimum Gasteiger partial charge on any atom is -0.353 e. The average Bonchev–Trinajstić information content (AvgIpc) is 3.08. The first kappa shape index (κ1) is 14.9. The Balaban J connectivity index is 1.53. The lowest BCUT2D eigenvalue weighted by molar-refractivity contribution is -0.120. The van der Waals surface area contributed by atoms with Crippen molar-refractivity contribution in [3.63, 3.8) is 0 Å². The number of rotatable bonds is 4. The van der Waals surface area contributed by atoms with Gasteiger partial charge in [0.1, 0.15) is 5.82 Å². The number of carbonyl (C=O) groups excluding carboxylic acids is 1. The van der Waals surface area contributed by atoms with Gasteiger partial charge in [-0.25, -0.2) is 9.97 Å². The van der Waals surface area contributed by atoms with Gasteiger partial charge in [0.25, 0.3) is 0 Å². The van der Waals surface area contributed by atoms with Gasteiger partial charge in [-0.2, -0.15) is 0 Å². The summed E-state index contributed by atoms with van der Waals surface area (Å²) in [4.78, 5) is 29.1. The second-order valence-electron chi connectivity index (χ2n) is 5.09. The van der Waals surface area contributed by atoms with E-state index in [0.29, 0.717) is 5.13 Å². The van der Waals surface area contributed by atoms with Gasteiger partial charge < -0.3 is 10.2 Å². The molecule has 1 atom stereocenters. The molecule has 3 rings (SSSR count). The Morgan fingerprint density at radius 2 is 2.05 bits per heavy atom. The Hall–Kier alpha value is -2.06. The third-order valence-electron chi connectivity index (χ3n) is 3.78. The third kappa shape index (κ3) is 3.40. The SMILES string of the molecule is C[C@H](C(=O)Nc1nccs1)N1CCN(c2cnccn2)CC1. The van der Waals surface area contributed by atoms with Crippen LogP contribution in [0.3, 0.4) is 0 Å². The van der Waals surface area contributed by atoms with Crippen molar-refractivity contribution in [1.29, 1.82) is 0 Å². The summed E-state index contributed by atoms with van der Waals surface area (Å²) in [6.07, 6.45) is 6.83. The van der Waals surface area contributed by atoms with Crippen LogP contribution in [0, 0.1) is 0 Å². The molecule has 0 bridgehead atoms. The molecule has 1 aliphatic heterocycles. The molecule has 2 aromatic rings. The van der Waals surface area contributed by atoms with Crippen molar-refractivity contribution in [3.05, 3.63) is 30.2 Å². The maximum Gasteiger partial charge on any atom is 0.243 e. The van der Waals surface area contributed by atoms with Crippen molar-refractivity contribution in [3.8, 4) is 0 Å². The Morgan fingerprint density at radius 3 is 2.68 bits per heavy atom. The van der Waals surface area contributed by atoms with Crippen LogP contribution in [0.15, 0.2) is 30.2 Å². The number of amides is 1. The monoisotopic (exact) mass is 318 g/mol. The van der Waals surface area contributed by atoms with Crippen LogP contribution in [0.1, 0.15) is 6.92 Å². The number of hydrogen-bond donors (Lipinski definition) is 1. The topological polar surface area (TPSA) is 74.2 Å². The molecule has 8 heteroatoms. The zero-order valence-electron chi connectivity index (χ0n) is 12.3. The van der Waals surface area contributed by atoms with E-state index in [2.05, 4.69) is 30.1 Å². The molecule has 0 spiro atoms. The summed E-state index contributed by atoms with van der Waals surface area (Å²) in [5.74, 6) is 0.880. The van der Waals surface area contributed by atoms with Crippen molar-refractivity contribution >= 4 is 28.2 Å². The second-order valence-corrected chi connectivity index (χ2v) is 5.98. The Morgan fingerprint density at radius 1 is 1.23 bits per heavy atom. The molecule has 7 nitrogen and oxygen atoms in total. The van der Waals surface area contributed by atoms with Crippen LogP contribution in [-0.4, -0.2) is 58.0 Å².